The third-order valence-electron chi connectivity index (χ3n) is 3.99. The molecule has 0 bridgehead atoms. The number of amidine groups is 1. The average Bonchev–Trinajstić information content (AvgIpc) is 2.93. The summed E-state index contributed by atoms with van der Waals surface area (Å²) in [6, 6.07) is 8.76. The molecule has 1 aromatic rings. The molecule has 4 heteroatoms. The van der Waals surface area contributed by atoms with Crippen LogP contribution >= 0.6 is 11.8 Å². The second-order valence-electron chi connectivity index (χ2n) is 5.19. The van der Waals surface area contributed by atoms with Gasteiger partial charge < -0.3 is 10.1 Å². The molecule has 102 valence electrons. The fourth-order valence-electron chi connectivity index (χ4n) is 2.89. The van der Waals surface area contributed by atoms with Crippen LogP contribution in [0.2, 0.25) is 0 Å². The minimum atomic E-state index is 0.665. The molecule has 0 aromatic heterocycles. The minimum absolute atomic E-state index is 0.665. The van der Waals surface area contributed by atoms with E-state index < -0.39 is 0 Å². The van der Waals surface area contributed by atoms with E-state index in [2.05, 4.69) is 11.4 Å². The maximum absolute atomic E-state index is 5.36. The van der Waals surface area contributed by atoms with Crippen LogP contribution in [0.4, 0.5) is 0 Å². The lowest BCUT2D eigenvalue weighted by Crippen LogP contribution is -2.41. The first-order chi connectivity index (χ1) is 9.36. The number of fused-ring (bicyclic) bond motifs is 1. The molecule has 3 rings (SSSR count). The first-order valence-corrected chi connectivity index (χ1v) is 7.91. The van der Waals surface area contributed by atoms with Crippen molar-refractivity contribution in [2.45, 2.75) is 31.8 Å². The summed E-state index contributed by atoms with van der Waals surface area (Å²) in [5, 5.41) is 4.70. The molecule has 1 saturated carbocycles. The van der Waals surface area contributed by atoms with Gasteiger partial charge in [-0.2, -0.15) is 0 Å². The van der Waals surface area contributed by atoms with E-state index in [9.17, 15) is 0 Å². The van der Waals surface area contributed by atoms with Crippen LogP contribution in [-0.2, 0) is 6.54 Å². The molecular weight excluding hydrogens is 256 g/mol. The van der Waals surface area contributed by atoms with Gasteiger partial charge in [0.05, 0.1) is 13.7 Å². The monoisotopic (exact) mass is 276 g/mol. The van der Waals surface area contributed by atoms with Crippen molar-refractivity contribution < 1.29 is 4.74 Å². The maximum Gasteiger partial charge on any atom is 0.157 e. The van der Waals surface area contributed by atoms with Gasteiger partial charge in [-0.25, -0.2) is 0 Å². The molecule has 1 heterocycles. The van der Waals surface area contributed by atoms with Crippen molar-refractivity contribution in [1.29, 1.82) is 0 Å². The van der Waals surface area contributed by atoms with Gasteiger partial charge in [0.1, 0.15) is 5.75 Å². The van der Waals surface area contributed by atoms with Gasteiger partial charge in [0.2, 0.25) is 0 Å². The predicted molar refractivity (Wildman–Crippen MR) is 80.9 cm³/mol. The van der Waals surface area contributed by atoms with Crippen molar-refractivity contribution in [2.75, 3.05) is 12.9 Å². The maximum atomic E-state index is 5.36. The molecule has 1 N–H and O–H groups in total. The number of benzene rings is 1. The van der Waals surface area contributed by atoms with Gasteiger partial charge in [0.25, 0.3) is 0 Å². The van der Waals surface area contributed by atoms with Crippen LogP contribution in [0.25, 0.3) is 0 Å². The SMILES string of the molecule is COc1ccccc1CN=C1NC2CCCC2CS1. The van der Waals surface area contributed by atoms with Crippen LogP contribution in [0.5, 0.6) is 5.75 Å². The average molecular weight is 276 g/mol. The summed E-state index contributed by atoms with van der Waals surface area (Å²) < 4.78 is 5.36. The summed E-state index contributed by atoms with van der Waals surface area (Å²) in [6.45, 7) is 0.691. The zero-order valence-corrected chi connectivity index (χ0v) is 12.1. The van der Waals surface area contributed by atoms with Gasteiger partial charge in [0, 0.05) is 17.4 Å². The summed E-state index contributed by atoms with van der Waals surface area (Å²) in [5.74, 6) is 3.00. The fourth-order valence-corrected chi connectivity index (χ4v) is 4.06. The molecule has 1 aliphatic carbocycles. The normalized spacial score (nSPS) is 27.9. The van der Waals surface area contributed by atoms with E-state index in [1.807, 2.05) is 30.0 Å². The fraction of sp³-hybridized carbons (Fsp3) is 0.533. The van der Waals surface area contributed by atoms with Crippen LogP contribution in [0, 0.1) is 5.92 Å². The number of thioether (sulfide) groups is 1. The van der Waals surface area contributed by atoms with Crippen molar-refractivity contribution in [3.05, 3.63) is 29.8 Å². The molecule has 0 radical (unpaired) electrons. The second-order valence-corrected chi connectivity index (χ2v) is 6.19. The van der Waals surface area contributed by atoms with E-state index in [4.69, 9.17) is 9.73 Å². The van der Waals surface area contributed by atoms with E-state index in [-0.39, 0.29) is 0 Å². The highest BCUT2D eigenvalue weighted by Crippen LogP contribution is 2.33. The molecule has 2 unspecified atom stereocenters. The Hall–Kier alpha value is -1.16. The third-order valence-corrected chi connectivity index (χ3v) is 5.10. The zero-order valence-electron chi connectivity index (χ0n) is 11.3. The topological polar surface area (TPSA) is 33.6 Å². The van der Waals surface area contributed by atoms with Crippen LogP contribution in [0.15, 0.2) is 29.3 Å². The Bertz CT molecular complexity index is 475. The van der Waals surface area contributed by atoms with Gasteiger partial charge in [0.15, 0.2) is 5.17 Å². The molecule has 1 saturated heterocycles. The minimum Gasteiger partial charge on any atom is -0.496 e. The molecular formula is C15H20N2OS. The Labute approximate surface area is 118 Å². The van der Waals surface area contributed by atoms with E-state index >= 15 is 0 Å². The van der Waals surface area contributed by atoms with Gasteiger partial charge in [-0.1, -0.05) is 36.4 Å². The quantitative estimate of drug-likeness (QED) is 0.921. The van der Waals surface area contributed by atoms with E-state index in [0.717, 1.165) is 22.4 Å². The lowest BCUT2D eigenvalue weighted by Gasteiger charge is -2.28. The Morgan fingerprint density at radius 3 is 3.16 bits per heavy atom. The molecule has 19 heavy (non-hydrogen) atoms. The summed E-state index contributed by atoms with van der Waals surface area (Å²) in [5.41, 5.74) is 1.15. The standard InChI is InChI=1S/C15H20N2OS/c1-18-14-8-3-2-5-11(14)9-16-15-17-13-7-4-6-12(13)10-19-15/h2-3,5,8,12-13H,4,6-7,9-10H2,1H3,(H,16,17). The molecule has 3 nitrogen and oxygen atoms in total. The van der Waals surface area contributed by atoms with Crippen molar-refractivity contribution in [1.82, 2.24) is 5.32 Å². The van der Waals surface area contributed by atoms with Crippen LogP contribution in [0.3, 0.4) is 0 Å². The van der Waals surface area contributed by atoms with Crippen molar-refractivity contribution in [3.8, 4) is 5.75 Å². The van der Waals surface area contributed by atoms with Gasteiger partial charge in [-0.15, -0.1) is 0 Å². The number of hydrogen-bond acceptors (Lipinski definition) is 3. The molecule has 1 aliphatic heterocycles. The number of nitrogens with zero attached hydrogens (tertiary/aromatic N) is 1. The van der Waals surface area contributed by atoms with Crippen LogP contribution in [-0.4, -0.2) is 24.1 Å². The number of ether oxygens (including phenoxy) is 1. The lowest BCUT2D eigenvalue weighted by molar-refractivity contribution is 0.410. The highest BCUT2D eigenvalue weighted by Gasteiger charge is 2.31. The number of hydrogen-bond donors (Lipinski definition) is 1. The highest BCUT2D eigenvalue weighted by molar-refractivity contribution is 8.13. The van der Waals surface area contributed by atoms with Gasteiger partial charge >= 0.3 is 0 Å². The molecule has 1 aromatic carbocycles. The number of rotatable bonds is 3. The smallest absolute Gasteiger partial charge is 0.157 e. The van der Waals surface area contributed by atoms with E-state index in [0.29, 0.717) is 12.6 Å². The van der Waals surface area contributed by atoms with E-state index in [1.165, 1.54) is 25.0 Å². The first-order valence-electron chi connectivity index (χ1n) is 6.92. The van der Waals surface area contributed by atoms with Crippen LogP contribution < -0.4 is 10.1 Å². The highest BCUT2D eigenvalue weighted by atomic mass is 32.2. The number of methoxy groups -OCH3 is 1. The largest absolute Gasteiger partial charge is 0.496 e. The summed E-state index contributed by atoms with van der Waals surface area (Å²) >= 11 is 1.87. The molecule has 2 atom stereocenters. The molecule has 2 aliphatic rings. The Balaban J connectivity index is 1.66. The molecule has 0 spiro atoms. The Morgan fingerprint density at radius 1 is 1.37 bits per heavy atom. The Kier molecular flexibility index (Phi) is 3.97. The van der Waals surface area contributed by atoms with Gasteiger partial charge in [-0.3, -0.25) is 4.99 Å². The molecule has 0 amide bonds. The van der Waals surface area contributed by atoms with Crippen LogP contribution in [0.1, 0.15) is 24.8 Å². The molecule has 2 fully saturated rings. The van der Waals surface area contributed by atoms with E-state index in [1.54, 1.807) is 7.11 Å². The summed E-state index contributed by atoms with van der Waals surface area (Å²) in [6.07, 6.45) is 4.05. The zero-order chi connectivity index (χ0) is 13.1. The van der Waals surface area contributed by atoms with Crippen molar-refractivity contribution in [2.24, 2.45) is 10.9 Å². The summed E-state index contributed by atoms with van der Waals surface area (Å²) in [4.78, 5) is 4.71. The number of aliphatic imine (C=N–C) groups is 1. The third kappa shape index (κ3) is 2.89. The van der Waals surface area contributed by atoms with Gasteiger partial charge in [-0.05, 0) is 24.8 Å². The number of nitrogens with one attached hydrogen (secondary N) is 1. The first kappa shape index (κ1) is 12.9. The van der Waals surface area contributed by atoms with Crippen molar-refractivity contribution in [3.63, 3.8) is 0 Å². The lowest BCUT2D eigenvalue weighted by atomic mass is 10.1. The second kappa shape index (κ2) is 5.87. The predicted octanol–water partition coefficient (Wildman–Crippen LogP) is 3.06. The Morgan fingerprint density at radius 2 is 2.26 bits per heavy atom. The van der Waals surface area contributed by atoms with Crippen molar-refractivity contribution >= 4 is 16.9 Å². The number of para-hydroxylation sites is 1. The summed E-state index contributed by atoms with van der Waals surface area (Å²) in [7, 11) is 1.71.